The number of aromatic nitrogens is 3. The summed E-state index contributed by atoms with van der Waals surface area (Å²) in [6.07, 6.45) is 0. The van der Waals surface area contributed by atoms with Crippen LogP contribution in [-0.2, 0) is 9.53 Å². The fourth-order valence-corrected chi connectivity index (χ4v) is 0.979. The molecule has 0 saturated heterocycles. The first-order chi connectivity index (χ1) is 8.06. The molecule has 0 amide bonds. The van der Waals surface area contributed by atoms with Crippen molar-refractivity contribution in [1.82, 2.24) is 15.0 Å². The molecule has 0 spiro atoms. The Bertz CT molecular complexity index is 395. The largest absolute Gasteiger partial charge is 0.468 e. The van der Waals surface area contributed by atoms with Crippen molar-refractivity contribution in [2.45, 2.75) is 0 Å². The summed E-state index contributed by atoms with van der Waals surface area (Å²) >= 11 is 0. The van der Waals surface area contributed by atoms with E-state index in [4.69, 9.17) is 0 Å². The minimum Gasteiger partial charge on any atom is -0.468 e. The van der Waals surface area contributed by atoms with Gasteiger partial charge < -0.3 is 20.3 Å². The number of anilines is 3. The Labute approximate surface area is 99.4 Å². The number of rotatable bonds is 5. The summed E-state index contributed by atoms with van der Waals surface area (Å²) in [5.41, 5.74) is 0. The van der Waals surface area contributed by atoms with Crippen LogP contribution in [0.2, 0.25) is 0 Å². The number of hydrogen-bond donors (Lipinski definition) is 2. The van der Waals surface area contributed by atoms with E-state index in [1.54, 1.807) is 11.9 Å². The van der Waals surface area contributed by atoms with Crippen molar-refractivity contribution in [2.24, 2.45) is 0 Å². The first-order valence-electron chi connectivity index (χ1n) is 4.98. The number of esters is 1. The normalized spacial score (nSPS) is 9.65. The van der Waals surface area contributed by atoms with Gasteiger partial charge in [-0.3, -0.25) is 4.79 Å². The Morgan fingerprint density at radius 1 is 1.29 bits per heavy atom. The quantitative estimate of drug-likeness (QED) is 0.669. The molecule has 0 saturated carbocycles. The summed E-state index contributed by atoms with van der Waals surface area (Å²) in [5, 5.41) is 5.58. The van der Waals surface area contributed by atoms with Gasteiger partial charge in [-0.05, 0) is 0 Å². The molecule has 94 valence electrons. The van der Waals surface area contributed by atoms with Crippen molar-refractivity contribution in [3.63, 3.8) is 0 Å². The second-order valence-corrected chi connectivity index (χ2v) is 3.36. The van der Waals surface area contributed by atoms with Crippen LogP contribution < -0.4 is 15.5 Å². The minimum absolute atomic E-state index is 0.0105. The lowest BCUT2D eigenvalue weighted by molar-refractivity contribution is -0.138. The second kappa shape index (κ2) is 5.83. The molecule has 8 nitrogen and oxygen atoms in total. The molecule has 1 aromatic heterocycles. The van der Waals surface area contributed by atoms with E-state index in [0.717, 1.165) is 0 Å². The van der Waals surface area contributed by atoms with E-state index >= 15 is 0 Å². The third-order valence-electron chi connectivity index (χ3n) is 1.87. The molecular weight excluding hydrogens is 224 g/mol. The van der Waals surface area contributed by atoms with Crippen LogP contribution in [0.1, 0.15) is 0 Å². The lowest BCUT2D eigenvalue weighted by Crippen LogP contribution is -2.20. The number of carbonyl (C=O) groups is 1. The molecule has 0 fully saturated rings. The number of methoxy groups -OCH3 is 1. The zero-order chi connectivity index (χ0) is 12.8. The molecule has 0 aromatic carbocycles. The van der Waals surface area contributed by atoms with Gasteiger partial charge in [0.05, 0.1) is 7.11 Å². The van der Waals surface area contributed by atoms with Crippen molar-refractivity contribution < 1.29 is 9.53 Å². The maximum Gasteiger partial charge on any atom is 0.325 e. The summed E-state index contributed by atoms with van der Waals surface area (Å²) < 4.78 is 4.51. The Balaban J connectivity index is 2.83. The lowest BCUT2D eigenvalue weighted by Gasteiger charge is -2.12. The third kappa shape index (κ3) is 3.74. The number of nitrogens with zero attached hydrogens (tertiary/aromatic N) is 4. The van der Waals surface area contributed by atoms with E-state index in [1.807, 2.05) is 14.1 Å². The predicted molar refractivity (Wildman–Crippen MR) is 64.2 cm³/mol. The van der Waals surface area contributed by atoms with E-state index < -0.39 is 0 Å². The van der Waals surface area contributed by atoms with Crippen LogP contribution in [-0.4, -0.2) is 55.7 Å². The zero-order valence-electron chi connectivity index (χ0n) is 10.3. The number of carbonyl (C=O) groups excluding carboxylic acids is 1. The topological polar surface area (TPSA) is 92.3 Å². The van der Waals surface area contributed by atoms with Crippen LogP contribution >= 0.6 is 0 Å². The second-order valence-electron chi connectivity index (χ2n) is 3.36. The molecule has 0 unspecified atom stereocenters. The average Bonchev–Trinajstić information content (AvgIpc) is 2.35. The van der Waals surface area contributed by atoms with Crippen molar-refractivity contribution in [3.05, 3.63) is 0 Å². The first kappa shape index (κ1) is 12.9. The van der Waals surface area contributed by atoms with Crippen LogP contribution in [0.4, 0.5) is 17.8 Å². The van der Waals surface area contributed by atoms with Crippen LogP contribution in [0, 0.1) is 0 Å². The highest BCUT2D eigenvalue weighted by Crippen LogP contribution is 2.10. The van der Waals surface area contributed by atoms with Gasteiger partial charge in [0.15, 0.2) is 0 Å². The molecule has 0 aliphatic heterocycles. The third-order valence-corrected chi connectivity index (χ3v) is 1.87. The lowest BCUT2D eigenvalue weighted by atomic mass is 10.6. The summed E-state index contributed by atoms with van der Waals surface area (Å²) in [7, 11) is 6.66. The molecule has 1 aromatic rings. The van der Waals surface area contributed by atoms with Gasteiger partial charge in [-0.2, -0.15) is 15.0 Å². The van der Waals surface area contributed by atoms with E-state index in [0.29, 0.717) is 17.8 Å². The molecule has 0 radical (unpaired) electrons. The van der Waals surface area contributed by atoms with Gasteiger partial charge in [0.2, 0.25) is 17.8 Å². The molecule has 8 heteroatoms. The van der Waals surface area contributed by atoms with Crippen molar-refractivity contribution in [3.8, 4) is 0 Å². The number of nitrogens with one attached hydrogen (secondary N) is 2. The van der Waals surface area contributed by atoms with Gasteiger partial charge in [-0.15, -0.1) is 0 Å². The molecule has 0 aliphatic carbocycles. The zero-order valence-corrected chi connectivity index (χ0v) is 10.3. The van der Waals surface area contributed by atoms with Gasteiger partial charge in [0, 0.05) is 21.1 Å². The molecule has 1 rings (SSSR count). The van der Waals surface area contributed by atoms with Gasteiger partial charge in [-0.1, -0.05) is 0 Å². The summed E-state index contributed by atoms with van der Waals surface area (Å²) in [6.45, 7) is 0.0105. The smallest absolute Gasteiger partial charge is 0.325 e. The van der Waals surface area contributed by atoms with Gasteiger partial charge in [0.25, 0.3) is 0 Å². The standard InChI is InChI=1S/C9H16N6O2/c1-10-7-12-8(11-5-6(16)17-4)14-9(13-7)15(2)3/h5H2,1-4H3,(H2,10,11,12,13,14). The number of ether oxygens (including phenoxy) is 1. The maximum absolute atomic E-state index is 11.0. The molecule has 0 atom stereocenters. The van der Waals surface area contributed by atoms with E-state index in [9.17, 15) is 4.79 Å². The number of hydrogen-bond acceptors (Lipinski definition) is 8. The van der Waals surface area contributed by atoms with Crippen LogP contribution in [0.5, 0.6) is 0 Å². The van der Waals surface area contributed by atoms with Crippen molar-refractivity contribution in [2.75, 3.05) is 50.3 Å². The van der Waals surface area contributed by atoms with Crippen molar-refractivity contribution >= 4 is 23.8 Å². The van der Waals surface area contributed by atoms with E-state index in [2.05, 4.69) is 30.3 Å². The van der Waals surface area contributed by atoms with E-state index in [-0.39, 0.29) is 12.5 Å². The SMILES string of the molecule is CNc1nc(NCC(=O)OC)nc(N(C)C)n1. The van der Waals surface area contributed by atoms with Gasteiger partial charge in [0.1, 0.15) is 6.54 Å². The first-order valence-corrected chi connectivity index (χ1v) is 4.98. The molecule has 1 heterocycles. The van der Waals surface area contributed by atoms with Crippen LogP contribution in [0.3, 0.4) is 0 Å². The fourth-order valence-electron chi connectivity index (χ4n) is 0.979. The average molecular weight is 240 g/mol. The van der Waals surface area contributed by atoms with Gasteiger partial charge in [-0.25, -0.2) is 0 Å². The Morgan fingerprint density at radius 3 is 2.47 bits per heavy atom. The van der Waals surface area contributed by atoms with Gasteiger partial charge >= 0.3 is 5.97 Å². The Hall–Kier alpha value is -2.12. The fraction of sp³-hybridized carbons (Fsp3) is 0.556. The molecular formula is C9H16N6O2. The highest BCUT2D eigenvalue weighted by Gasteiger charge is 2.08. The monoisotopic (exact) mass is 240 g/mol. The van der Waals surface area contributed by atoms with E-state index in [1.165, 1.54) is 7.11 Å². The Morgan fingerprint density at radius 2 is 1.94 bits per heavy atom. The molecule has 0 aliphatic rings. The van der Waals surface area contributed by atoms with Crippen molar-refractivity contribution in [1.29, 1.82) is 0 Å². The molecule has 0 bridgehead atoms. The summed E-state index contributed by atoms with van der Waals surface area (Å²) in [4.78, 5) is 25.0. The summed E-state index contributed by atoms with van der Waals surface area (Å²) in [6, 6.07) is 0. The molecule has 17 heavy (non-hydrogen) atoms. The summed E-state index contributed by atoms with van der Waals surface area (Å²) in [5.74, 6) is 0.856. The maximum atomic E-state index is 11.0. The molecule has 2 N–H and O–H groups in total. The highest BCUT2D eigenvalue weighted by molar-refractivity contribution is 5.74. The van der Waals surface area contributed by atoms with Crippen LogP contribution in [0.25, 0.3) is 0 Å². The highest BCUT2D eigenvalue weighted by atomic mass is 16.5. The Kier molecular flexibility index (Phi) is 4.44. The predicted octanol–water partition coefficient (Wildman–Crippen LogP) is -0.436. The van der Waals surface area contributed by atoms with Crippen LogP contribution in [0.15, 0.2) is 0 Å². The minimum atomic E-state index is -0.386.